The third kappa shape index (κ3) is 3.18. The highest BCUT2D eigenvalue weighted by molar-refractivity contribution is 6.01. The summed E-state index contributed by atoms with van der Waals surface area (Å²) < 4.78 is 0. The Balaban J connectivity index is 2.50. The van der Waals surface area contributed by atoms with E-state index in [9.17, 15) is 9.59 Å². The van der Waals surface area contributed by atoms with Gasteiger partial charge in [-0.2, -0.15) is 0 Å². The zero-order valence-electron chi connectivity index (χ0n) is 9.37. The van der Waals surface area contributed by atoms with Crippen LogP contribution in [-0.4, -0.2) is 30.2 Å². The van der Waals surface area contributed by atoms with Gasteiger partial charge < -0.3 is 4.90 Å². The summed E-state index contributed by atoms with van der Waals surface area (Å²) in [6.07, 6.45) is 5.81. The van der Waals surface area contributed by atoms with Crippen molar-refractivity contribution in [2.45, 2.75) is 32.1 Å². The number of hydrogen-bond donors (Lipinski definition) is 0. The Morgan fingerprint density at radius 2 is 2.33 bits per heavy atom. The molecule has 0 spiro atoms. The summed E-state index contributed by atoms with van der Waals surface area (Å²) in [5.41, 5.74) is 0. The number of nitrogens with zero attached hydrogens (tertiary/aromatic N) is 1. The fourth-order valence-corrected chi connectivity index (χ4v) is 1.91. The van der Waals surface area contributed by atoms with Gasteiger partial charge in [0.2, 0.25) is 5.91 Å². The highest BCUT2D eigenvalue weighted by Crippen LogP contribution is 2.22. The maximum Gasteiger partial charge on any atom is 0.232 e. The molecular formula is C12H19NO2. The summed E-state index contributed by atoms with van der Waals surface area (Å²) >= 11 is 0. The second kappa shape index (κ2) is 5.69. The number of Topliss-reactive ketones (excluding diaryl/α,β-unsaturated/α-hetero) is 1. The van der Waals surface area contributed by atoms with Gasteiger partial charge in [0, 0.05) is 20.0 Å². The molecule has 0 saturated heterocycles. The number of carbonyl (C=O) groups excluding carboxylic acids is 2. The van der Waals surface area contributed by atoms with Crippen molar-refractivity contribution in [3.8, 4) is 0 Å². The largest absolute Gasteiger partial charge is 0.345 e. The highest BCUT2D eigenvalue weighted by atomic mass is 16.2. The van der Waals surface area contributed by atoms with Gasteiger partial charge in [0.1, 0.15) is 5.78 Å². The van der Waals surface area contributed by atoms with Crippen LogP contribution in [0.3, 0.4) is 0 Å². The second-order valence-electron chi connectivity index (χ2n) is 4.10. The van der Waals surface area contributed by atoms with Gasteiger partial charge in [-0.1, -0.05) is 12.5 Å². The molecular weight excluding hydrogens is 190 g/mol. The molecule has 0 aromatic rings. The molecule has 15 heavy (non-hydrogen) atoms. The van der Waals surface area contributed by atoms with Gasteiger partial charge in [0.25, 0.3) is 0 Å². The van der Waals surface area contributed by atoms with E-state index >= 15 is 0 Å². The van der Waals surface area contributed by atoms with Gasteiger partial charge in [-0.3, -0.25) is 9.59 Å². The van der Waals surface area contributed by atoms with Gasteiger partial charge in [0.05, 0.1) is 5.92 Å². The van der Waals surface area contributed by atoms with E-state index in [4.69, 9.17) is 0 Å². The minimum atomic E-state index is -0.367. The summed E-state index contributed by atoms with van der Waals surface area (Å²) in [6, 6.07) is 0. The first-order valence-corrected chi connectivity index (χ1v) is 5.55. The minimum Gasteiger partial charge on any atom is -0.345 e. The predicted molar refractivity (Wildman–Crippen MR) is 59.4 cm³/mol. The normalized spacial score (nSPS) is 21.1. The zero-order chi connectivity index (χ0) is 11.3. The smallest absolute Gasteiger partial charge is 0.232 e. The molecule has 0 aromatic heterocycles. The van der Waals surface area contributed by atoms with E-state index in [1.165, 1.54) is 0 Å². The van der Waals surface area contributed by atoms with Crippen molar-refractivity contribution >= 4 is 11.7 Å². The lowest BCUT2D eigenvalue weighted by atomic mass is 9.87. The fourth-order valence-electron chi connectivity index (χ4n) is 1.91. The molecule has 0 bridgehead atoms. The maximum absolute atomic E-state index is 11.9. The standard InChI is InChI=1S/C12H19NO2/c1-3-4-9-13(2)12(15)10-7-5-6-8-11(10)14/h3,10H,1,4-9H2,2H3. The molecule has 0 aromatic carbocycles. The molecule has 0 N–H and O–H groups in total. The van der Waals surface area contributed by atoms with Crippen LogP contribution in [0.5, 0.6) is 0 Å². The van der Waals surface area contributed by atoms with Crippen molar-refractivity contribution in [1.29, 1.82) is 0 Å². The summed E-state index contributed by atoms with van der Waals surface area (Å²) in [4.78, 5) is 25.1. The van der Waals surface area contributed by atoms with Gasteiger partial charge in [0.15, 0.2) is 0 Å². The number of amides is 1. The van der Waals surface area contributed by atoms with Crippen LogP contribution in [0.4, 0.5) is 0 Å². The van der Waals surface area contributed by atoms with Crippen LogP contribution in [0.2, 0.25) is 0 Å². The first-order valence-electron chi connectivity index (χ1n) is 5.55. The molecule has 84 valence electrons. The predicted octanol–water partition coefficient (Wildman–Crippen LogP) is 1.78. The van der Waals surface area contributed by atoms with Crippen LogP contribution in [0, 0.1) is 5.92 Å². The van der Waals surface area contributed by atoms with Crippen LogP contribution < -0.4 is 0 Å². The van der Waals surface area contributed by atoms with Crippen molar-refractivity contribution in [2.24, 2.45) is 5.92 Å². The van der Waals surface area contributed by atoms with Gasteiger partial charge >= 0.3 is 0 Å². The van der Waals surface area contributed by atoms with Crippen molar-refractivity contribution in [2.75, 3.05) is 13.6 Å². The molecule has 0 radical (unpaired) electrons. The molecule has 1 amide bonds. The molecule has 1 fully saturated rings. The van der Waals surface area contributed by atoms with Gasteiger partial charge in [-0.15, -0.1) is 6.58 Å². The van der Waals surface area contributed by atoms with Crippen molar-refractivity contribution in [1.82, 2.24) is 4.90 Å². The molecule has 1 aliphatic rings. The van der Waals surface area contributed by atoms with Crippen LogP contribution in [0.1, 0.15) is 32.1 Å². The van der Waals surface area contributed by atoms with Crippen LogP contribution in [-0.2, 0) is 9.59 Å². The molecule has 1 atom stereocenters. The highest BCUT2D eigenvalue weighted by Gasteiger charge is 2.30. The molecule has 1 saturated carbocycles. The van der Waals surface area contributed by atoms with Crippen molar-refractivity contribution in [3.05, 3.63) is 12.7 Å². The molecule has 3 heteroatoms. The summed E-state index contributed by atoms with van der Waals surface area (Å²) in [7, 11) is 1.76. The Morgan fingerprint density at radius 1 is 1.60 bits per heavy atom. The van der Waals surface area contributed by atoms with E-state index in [0.29, 0.717) is 13.0 Å². The van der Waals surface area contributed by atoms with Gasteiger partial charge in [-0.25, -0.2) is 0 Å². The Morgan fingerprint density at radius 3 is 2.93 bits per heavy atom. The lowest BCUT2D eigenvalue weighted by molar-refractivity contribution is -0.141. The monoisotopic (exact) mass is 209 g/mol. The minimum absolute atomic E-state index is 0.0125. The summed E-state index contributed by atoms with van der Waals surface area (Å²) in [6.45, 7) is 4.27. The molecule has 0 heterocycles. The van der Waals surface area contributed by atoms with Crippen LogP contribution >= 0.6 is 0 Å². The van der Waals surface area contributed by atoms with E-state index in [1.807, 2.05) is 0 Å². The van der Waals surface area contributed by atoms with E-state index in [0.717, 1.165) is 25.7 Å². The van der Waals surface area contributed by atoms with E-state index in [2.05, 4.69) is 6.58 Å². The number of hydrogen-bond acceptors (Lipinski definition) is 2. The van der Waals surface area contributed by atoms with Crippen LogP contribution in [0.25, 0.3) is 0 Å². The number of ketones is 1. The fraction of sp³-hybridized carbons (Fsp3) is 0.667. The van der Waals surface area contributed by atoms with E-state index < -0.39 is 0 Å². The Labute approximate surface area is 91.1 Å². The number of carbonyl (C=O) groups is 2. The van der Waals surface area contributed by atoms with Gasteiger partial charge in [-0.05, 0) is 19.3 Å². The SMILES string of the molecule is C=CCCN(C)C(=O)C1CCCCC1=O. The quantitative estimate of drug-likeness (QED) is 0.523. The Bertz CT molecular complexity index is 260. The molecule has 1 aliphatic carbocycles. The lowest BCUT2D eigenvalue weighted by Gasteiger charge is -2.25. The molecule has 1 unspecified atom stereocenters. The second-order valence-corrected chi connectivity index (χ2v) is 4.10. The van der Waals surface area contributed by atoms with Crippen LogP contribution in [0.15, 0.2) is 12.7 Å². The molecule has 3 nitrogen and oxygen atoms in total. The zero-order valence-corrected chi connectivity index (χ0v) is 9.37. The number of rotatable bonds is 4. The third-order valence-electron chi connectivity index (χ3n) is 2.90. The van der Waals surface area contributed by atoms with E-state index in [-0.39, 0.29) is 17.6 Å². The summed E-state index contributed by atoms with van der Waals surface area (Å²) in [5, 5.41) is 0. The van der Waals surface area contributed by atoms with Crippen molar-refractivity contribution < 1.29 is 9.59 Å². The first-order chi connectivity index (χ1) is 7.16. The van der Waals surface area contributed by atoms with E-state index in [1.54, 1.807) is 18.0 Å². The maximum atomic E-state index is 11.9. The van der Waals surface area contributed by atoms with Crippen molar-refractivity contribution in [3.63, 3.8) is 0 Å². The molecule has 0 aliphatic heterocycles. The lowest BCUT2D eigenvalue weighted by Crippen LogP contribution is -2.38. The molecule has 1 rings (SSSR count). The average molecular weight is 209 g/mol. The Kier molecular flexibility index (Phi) is 4.53. The first kappa shape index (κ1) is 12.0. The Hall–Kier alpha value is -1.12. The average Bonchev–Trinajstić information content (AvgIpc) is 2.25. The topological polar surface area (TPSA) is 37.4 Å². The summed E-state index contributed by atoms with van der Waals surface area (Å²) in [5.74, 6) is -0.258. The third-order valence-corrected chi connectivity index (χ3v) is 2.90.